The Morgan fingerprint density at radius 3 is 1.95 bits per heavy atom. The second kappa shape index (κ2) is 14.4. The van der Waals surface area contributed by atoms with Crippen molar-refractivity contribution in [2.45, 2.75) is 97.4 Å². The Balaban J connectivity index is 3.44. The summed E-state index contributed by atoms with van der Waals surface area (Å²) in [6.07, 6.45) is 12.9. The number of rotatable bonds is 14. The van der Waals surface area contributed by atoms with Gasteiger partial charge in [0.2, 0.25) is 5.91 Å². The topological polar surface area (TPSA) is 49.3 Å². The van der Waals surface area contributed by atoms with Crippen LogP contribution >= 0.6 is 0 Å². The lowest BCUT2D eigenvalue weighted by molar-refractivity contribution is -0.122. The second-order valence-electron chi connectivity index (χ2n) is 6.65. The average Bonchev–Trinajstić information content (AvgIpc) is 2.44. The van der Waals surface area contributed by atoms with E-state index in [9.17, 15) is 9.90 Å². The maximum Gasteiger partial charge on any atom is 0.220 e. The number of amides is 1. The lowest BCUT2D eigenvalue weighted by atomic mass is 10.0. The highest BCUT2D eigenvalue weighted by atomic mass is 16.3. The minimum atomic E-state index is -0.0731. The number of unbranched alkanes of at least 4 members (excludes halogenated alkanes) is 8. The molecule has 0 heterocycles. The lowest BCUT2D eigenvalue weighted by Crippen LogP contribution is -2.38. The molecule has 2 N–H and O–H groups in total. The third kappa shape index (κ3) is 14.1. The summed E-state index contributed by atoms with van der Waals surface area (Å²) in [5.74, 6) is 0.591. The molecule has 0 spiro atoms. The van der Waals surface area contributed by atoms with Crippen LogP contribution < -0.4 is 5.32 Å². The largest absolute Gasteiger partial charge is 0.394 e. The summed E-state index contributed by atoms with van der Waals surface area (Å²) < 4.78 is 0. The van der Waals surface area contributed by atoms with Crippen molar-refractivity contribution < 1.29 is 9.90 Å². The SMILES string of the molecule is CCCCCCCCCCCC(=O)NC(CO)CC(C)C. The smallest absolute Gasteiger partial charge is 0.220 e. The van der Waals surface area contributed by atoms with Gasteiger partial charge in [-0.15, -0.1) is 0 Å². The fraction of sp³-hybridized carbons (Fsp3) is 0.944. The lowest BCUT2D eigenvalue weighted by Gasteiger charge is -2.18. The first kappa shape index (κ1) is 20.4. The number of nitrogens with one attached hydrogen (secondary N) is 1. The number of aliphatic hydroxyl groups excluding tert-OH is 1. The van der Waals surface area contributed by atoms with Gasteiger partial charge in [-0.1, -0.05) is 72.1 Å². The van der Waals surface area contributed by atoms with Crippen molar-refractivity contribution in [2.75, 3.05) is 6.61 Å². The number of carbonyl (C=O) groups is 1. The molecule has 0 fully saturated rings. The van der Waals surface area contributed by atoms with E-state index in [2.05, 4.69) is 26.1 Å². The van der Waals surface area contributed by atoms with E-state index in [1.165, 1.54) is 44.9 Å². The van der Waals surface area contributed by atoms with Gasteiger partial charge in [-0.25, -0.2) is 0 Å². The fourth-order valence-corrected chi connectivity index (χ4v) is 2.64. The van der Waals surface area contributed by atoms with Crippen LogP contribution in [0, 0.1) is 5.92 Å². The monoisotopic (exact) mass is 299 g/mol. The quantitative estimate of drug-likeness (QED) is 0.466. The molecule has 0 aliphatic rings. The number of carbonyl (C=O) groups excluding carboxylic acids is 1. The summed E-state index contributed by atoms with van der Waals surface area (Å²) in [6.45, 7) is 6.50. The molecule has 1 amide bonds. The number of hydrogen-bond acceptors (Lipinski definition) is 2. The third-order valence-electron chi connectivity index (χ3n) is 3.85. The van der Waals surface area contributed by atoms with Gasteiger partial charge in [0.05, 0.1) is 12.6 Å². The van der Waals surface area contributed by atoms with Gasteiger partial charge in [-0.2, -0.15) is 0 Å². The minimum absolute atomic E-state index is 0.0433. The summed E-state index contributed by atoms with van der Waals surface area (Å²) in [7, 11) is 0. The summed E-state index contributed by atoms with van der Waals surface area (Å²) in [5, 5.41) is 12.2. The van der Waals surface area contributed by atoms with E-state index >= 15 is 0 Å². The minimum Gasteiger partial charge on any atom is -0.394 e. The zero-order chi connectivity index (χ0) is 15.9. The molecule has 0 aromatic heterocycles. The molecule has 0 bridgehead atoms. The van der Waals surface area contributed by atoms with E-state index in [1.54, 1.807) is 0 Å². The van der Waals surface area contributed by atoms with Gasteiger partial charge in [0, 0.05) is 6.42 Å². The predicted octanol–water partition coefficient (Wildman–Crippen LogP) is 4.43. The third-order valence-corrected chi connectivity index (χ3v) is 3.85. The average molecular weight is 299 g/mol. The Hall–Kier alpha value is -0.570. The van der Waals surface area contributed by atoms with Crippen LogP contribution in [-0.4, -0.2) is 23.7 Å². The van der Waals surface area contributed by atoms with Gasteiger partial charge in [0.15, 0.2) is 0 Å². The van der Waals surface area contributed by atoms with Crippen molar-refractivity contribution >= 4 is 5.91 Å². The maximum atomic E-state index is 11.8. The van der Waals surface area contributed by atoms with Gasteiger partial charge in [0.1, 0.15) is 0 Å². The zero-order valence-electron chi connectivity index (χ0n) is 14.5. The molecule has 21 heavy (non-hydrogen) atoms. The second-order valence-corrected chi connectivity index (χ2v) is 6.65. The van der Waals surface area contributed by atoms with Crippen LogP contribution in [0.2, 0.25) is 0 Å². The predicted molar refractivity (Wildman–Crippen MR) is 90.3 cm³/mol. The molecule has 0 saturated heterocycles. The van der Waals surface area contributed by atoms with Gasteiger partial charge < -0.3 is 10.4 Å². The molecular formula is C18H37NO2. The highest BCUT2D eigenvalue weighted by Gasteiger charge is 2.12. The molecule has 0 aliphatic heterocycles. The van der Waals surface area contributed by atoms with Crippen LogP contribution in [-0.2, 0) is 4.79 Å². The van der Waals surface area contributed by atoms with E-state index in [1.807, 2.05) is 0 Å². The van der Waals surface area contributed by atoms with E-state index in [4.69, 9.17) is 0 Å². The molecule has 3 nitrogen and oxygen atoms in total. The van der Waals surface area contributed by atoms with Crippen LogP contribution in [0.15, 0.2) is 0 Å². The van der Waals surface area contributed by atoms with Gasteiger partial charge in [-0.05, 0) is 18.8 Å². The molecule has 0 aliphatic carbocycles. The standard InChI is InChI=1S/C18H37NO2/c1-4-5-6-7-8-9-10-11-12-13-18(21)19-17(15-20)14-16(2)3/h16-17,20H,4-15H2,1-3H3,(H,19,21). The Morgan fingerprint density at radius 2 is 1.48 bits per heavy atom. The van der Waals surface area contributed by atoms with Crippen molar-refractivity contribution in [3.8, 4) is 0 Å². The van der Waals surface area contributed by atoms with E-state index in [0.29, 0.717) is 12.3 Å². The summed E-state index contributed by atoms with van der Waals surface area (Å²) in [6, 6.07) is -0.0731. The Kier molecular flexibility index (Phi) is 14.0. The van der Waals surface area contributed by atoms with Crippen LogP contribution in [0.1, 0.15) is 91.4 Å². The van der Waals surface area contributed by atoms with Crippen molar-refractivity contribution in [1.82, 2.24) is 5.32 Å². The highest BCUT2D eigenvalue weighted by molar-refractivity contribution is 5.76. The highest BCUT2D eigenvalue weighted by Crippen LogP contribution is 2.11. The van der Waals surface area contributed by atoms with Crippen molar-refractivity contribution in [1.29, 1.82) is 0 Å². The van der Waals surface area contributed by atoms with Crippen LogP contribution in [0.3, 0.4) is 0 Å². The van der Waals surface area contributed by atoms with Gasteiger partial charge >= 0.3 is 0 Å². The first-order valence-corrected chi connectivity index (χ1v) is 9.00. The molecule has 0 aromatic rings. The van der Waals surface area contributed by atoms with Crippen LogP contribution in [0.5, 0.6) is 0 Å². The summed E-state index contributed by atoms with van der Waals surface area (Å²) in [4.78, 5) is 11.8. The van der Waals surface area contributed by atoms with Crippen LogP contribution in [0.4, 0.5) is 0 Å². The molecule has 3 heteroatoms. The molecule has 0 rings (SSSR count). The molecule has 0 radical (unpaired) electrons. The zero-order valence-corrected chi connectivity index (χ0v) is 14.5. The Morgan fingerprint density at radius 1 is 0.952 bits per heavy atom. The molecular weight excluding hydrogens is 262 g/mol. The van der Waals surface area contributed by atoms with Crippen molar-refractivity contribution in [2.24, 2.45) is 5.92 Å². The maximum absolute atomic E-state index is 11.8. The molecule has 1 unspecified atom stereocenters. The normalized spacial score (nSPS) is 12.6. The Labute approximate surface area is 131 Å². The Bertz CT molecular complexity index is 241. The van der Waals surface area contributed by atoms with Crippen molar-refractivity contribution in [3.63, 3.8) is 0 Å². The number of hydrogen-bond donors (Lipinski definition) is 2. The van der Waals surface area contributed by atoms with E-state index in [-0.39, 0.29) is 18.6 Å². The van der Waals surface area contributed by atoms with Crippen molar-refractivity contribution in [3.05, 3.63) is 0 Å². The summed E-state index contributed by atoms with van der Waals surface area (Å²) >= 11 is 0. The number of aliphatic hydroxyl groups is 1. The molecule has 1 atom stereocenters. The summed E-state index contributed by atoms with van der Waals surface area (Å²) in [5.41, 5.74) is 0. The first-order valence-electron chi connectivity index (χ1n) is 9.00. The molecule has 0 saturated carbocycles. The van der Waals surface area contributed by atoms with Gasteiger partial charge in [-0.3, -0.25) is 4.79 Å². The fourth-order valence-electron chi connectivity index (χ4n) is 2.64. The van der Waals surface area contributed by atoms with E-state index < -0.39 is 0 Å². The van der Waals surface area contributed by atoms with Gasteiger partial charge in [0.25, 0.3) is 0 Å². The first-order chi connectivity index (χ1) is 10.1. The molecule has 0 aromatic carbocycles. The van der Waals surface area contributed by atoms with Crippen LogP contribution in [0.25, 0.3) is 0 Å². The molecule has 126 valence electrons. The van der Waals surface area contributed by atoms with E-state index in [0.717, 1.165) is 19.3 Å².